The van der Waals surface area contributed by atoms with Crippen LogP contribution < -0.4 is 15.0 Å². The predicted molar refractivity (Wildman–Crippen MR) is 106 cm³/mol. The third-order valence-corrected chi connectivity index (χ3v) is 5.07. The Balaban J connectivity index is 1.39. The maximum absolute atomic E-state index is 12.7. The van der Waals surface area contributed by atoms with Gasteiger partial charge in [-0.15, -0.1) is 0 Å². The van der Waals surface area contributed by atoms with E-state index in [9.17, 15) is 4.79 Å². The van der Waals surface area contributed by atoms with E-state index in [2.05, 4.69) is 20.2 Å². The lowest BCUT2D eigenvalue weighted by atomic mass is 9.97. The van der Waals surface area contributed by atoms with Gasteiger partial charge in [-0.05, 0) is 42.7 Å². The van der Waals surface area contributed by atoms with E-state index in [4.69, 9.17) is 4.74 Å². The van der Waals surface area contributed by atoms with Crippen molar-refractivity contribution in [3.05, 3.63) is 54.1 Å². The van der Waals surface area contributed by atoms with Crippen molar-refractivity contribution in [2.24, 2.45) is 5.92 Å². The number of H-pyrrole nitrogens is 1. The molecule has 6 heteroatoms. The van der Waals surface area contributed by atoms with Crippen molar-refractivity contribution in [1.82, 2.24) is 15.3 Å². The number of rotatable bonds is 5. The molecule has 1 amide bonds. The molecular formula is C21H24N4O2. The molecule has 0 saturated carbocycles. The normalized spacial score (nSPS) is 17.1. The van der Waals surface area contributed by atoms with Crippen molar-refractivity contribution >= 4 is 22.9 Å². The van der Waals surface area contributed by atoms with Crippen molar-refractivity contribution < 1.29 is 9.53 Å². The minimum Gasteiger partial charge on any atom is -0.497 e. The second-order valence-electron chi connectivity index (χ2n) is 6.93. The fraction of sp³-hybridized carbons (Fsp3) is 0.333. The summed E-state index contributed by atoms with van der Waals surface area (Å²) in [6.45, 7) is 2.11. The molecular weight excluding hydrogens is 340 g/mol. The van der Waals surface area contributed by atoms with Crippen LogP contribution in [-0.4, -0.2) is 36.1 Å². The van der Waals surface area contributed by atoms with Gasteiger partial charge in [0.15, 0.2) is 0 Å². The molecule has 4 rings (SSSR count). The van der Waals surface area contributed by atoms with Crippen molar-refractivity contribution in [3.8, 4) is 5.75 Å². The van der Waals surface area contributed by atoms with E-state index >= 15 is 0 Å². The van der Waals surface area contributed by atoms with Crippen LogP contribution in [-0.2, 0) is 11.3 Å². The van der Waals surface area contributed by atoms with Crippen LogP contribution in [0.4, 0.5) is 5.95 Å². The Kier molecular flexibility index (Phi) is 4.96. The van der Waals surface area contributed by atoms with Crippen LogP contribution >= 0.6 is 0 Å². The van der Waals surface area contributed by atoms with E-state index in [1.54, 1.807) is 7.11 Å². The number of ether oxygens (including phenoxy) is 1. The highest BCUT2D eigenvalue weighted by Crippen LogP contribution is 2.23. The lowest BCUT2D eigenvalue weighted by Gasteiger charge is -2.31. The third-order valence-electron chi connectivity index (χ3n) is 5.07. The number of para-hydroxylation sites is 2. The quantitative estimate of drug-likeness (QED) is 0.730. The van der Waals surface area contributed by atoms with E-state index in [1.165, 1.54) is 0 Å². The molecule has 1 fully saturated rings. The largest absolute Gasteiger partial charge is 0.497 e. The molecule has 1 aliphatic heterocycles. The van der Waals surface area contributed by atoms with Gasteiger partial charge in [0.05, 0.1) is 24.1 Å². The van der Waals surface area contributed by atoms with E-state index in [0.717, 1.165) is 47.7 Å². The first-order valence-electron chi connectivity index (χ1n) is 9.33. The van der Waals surface area contributed by atoms with E-state index < -0.39 is 0 Å². The summed E-state index contributed by atoms with van der Waals surface area (Å²) in [6.07, 6.45) is 1.88. The molecule has 1 aliphatic rings. The lowest BCUT2D eigenvalue weighted by Crippen LogP contribution is -2.43. The standard InChI is InChI=1S/C21H24N4O2/c1-27-17-8-4-6-15(12-17)13-22-20(26)16-7-5-11-25(14-16)21-23-18-9-2-3-10-19(18)24-21/h2-4,6,8-10,12,16H,5,7,11,13-14H2,1H3,(H,22,26)(H,23,24). The van der Waals surface area contributed by atoms with Crippen LogP contribution in [0.25, 0.3) is 11.0 Å². The van der Waals surface area contributed by atoms with Crippen LogP contribution in [0.2, 0.25) is 0 Å². The molecule has 1 aromatic heterocycles. The van der Waals surface area contributed by atoms with Crippen molar-refractivity contribution in [2.75, 3.05) is 25.1 Å². The zero-order valence-corrected chi connectivity index (χ0v) is 15.4. The van der Waals surface area contributed by atoms with E-state index in [0.29, 0.717) is 13.1 Å². The van der Waals surface area contributed by atoms with Crippen molar-refractivity contribution in [2.45, 2.75) is 19.4 Å². The molecule has 140 valence electrons. The maximum Gasteiger partial charge on any atom is 0.225 e. The van der Waals surface area contributed by atoms with Gasteiger partial charge in [0.1, 0.15) is 5.75 Å². The summed E-state index contributed by atoms with van der Waals surface area (Å²) in [4.78, 5) is 22.9. The Labute approximate surface area is 158 Å². The molecule has 0 radical (unpaired) electrons. The Morgan fingerprint density at radius 1 is 1.30 bits per heavy atom. The molecule has 2 heterocycles. The summed E-state index contributed by atoms with van der Waals surface area (Å²) in [5.74, 6) is 1.72. The van der Waals surface area contributed by atoms with Gasteiger partial charge < -0.3 is 19.9 Å². The number of nitrogens with one attached hydrogen (secondary N) is 2. The Morgan fingerprint density at radius 3 is 3.04 bits per heavy atom. The van der Waals surface area contributed by atoms with Gasteiger partial charge in [0, 0.05) is 19.6 Å². The maximum atomic E-state index is 12.7. The first-order valence-corrected chi connectivity index (χ1v) is 9.33. The van der Waals surface area contributed by atoms with Crippen LogP contribution in [0.3, 0.4) is 0 Å². The highest BCUT2D eigenvalue weighted by molar-refractivity contribution is 5.80. The summed E-state index contributed by atoms with van der Waals surface area (Å²) < 4.78 is 5.24. The number of aromatic amines is 1. The first kappa shape index (κ1) is 17.4. The molecule has 2 N–H and O–H groups in total. The van der Waals surface area contributed by atoms with Crippen LogP contribution in [0.5, 0.6) is 5.75 Å². The first-order chi connectivity index (χ1) is 13.2. The summed E-state index contributed by atoms with van der Waals surface area (Å²) in [7, 11) is 1.65. The highest BCUT2D eigenvalue weighted by Gasteiger charge is 2.27. The number of piperidine rings is 1. The SMILES string of the molecule is COc1cccc(CNC(=O)C2CCCN(c3nc4ccccc4[nH]3)C2)c1. The minimum absolute atomic E-state index is 0.0300. The second-order valence-corrected chi connectivity index (χ2v) is 6.93. The number of hydrogen-bond donors (Lipinski definition) is 2. The zero-order valence-electron chi connectivity index (χ0n) is 15.4. The minimum atomic E-state index is -0.0300. The lowest BCUT2D eigenvalue weighted by molar-refractivity contribution is -0.125. The van der Waals surface area contributed by atoms with Crippen LogP contribution in [0, 0.1) is 5.92 Å². The fourth-order valence-electron chi connectivity index (χ4n) is 3.59. The van der Waals surface area contributed by atoms with Gasteiger partial charge in [-0.1, -0.05) is 24.3 Å². The van der Waals surface area contributed by atoms with Gasteiger partial charge in [-0.3, -0.25) is 4.79 Å². The summed E-state index contributed by atoms with van der Waals surface area (Å²) >= 11 is 0. The van der Waals surface area contributed by atoms with Gasteiger partial charge >= 0.3 is 0 Å². The monoisotopic (exact) mass is 364 g/mol. The molecule has 2 aromatic carbocycles. The van der Waals surface area contributed by atoms with Crippen molar-refractivity contribution in [3.63, 3.8) is 0 Å². The third kappa shape index (κ3) is 3.89. The van der Waals surface area contributed by atoms with Crippen LogP contribution in [0.15, 0.2) is 48.5 Å². The molecule has 0 spiro atoms. The number of carbonyl (C=O) groups is 1. The van der Waals surface area contributed by atoms with E-state index in [1.807, 2.05) is 48.5 Å². The Hall–Kier alpha value is -3.02. The number of imidazole rings is 1. The number of hydrogen-bond acceptors (Lipinski definition) is 4. The molecule has 1 saturated heterocycles. The van der Waals surface area contributed by atoms with Gasteiger partial charge in [-0.2, -0.15) is 0 Å². The number of fused-ring (bicyclic) bond motifs is 1. The smallest absolute Gasteiger partial charge is 0.225 e. The Morgan fingerprint density at radius 2 is 2.19 bits per heavy atom. The molecule has 1 atom stereocenters. The number of amides is 1. The average molecular weight is 364 g/mol. The zero-order chi connectivity index (χ0) is 18.6. The molecule has 27 heavy (non-hydrogen) atoms. The fourth-order valence-corrected chi connectivity index (χ4v) is 3.59. The summed E-state index contributed by atoms with van der Waals surface area (Å²) in [6, 6.07) is 15.8. The Bertz CT molecular complexity index is 904. The number of anilines is 1. The predicted octanol–water partition coefficient (Wildman–Crippen LogP) is 3.10. The topological polar surface area (TPSA) is 70.2 Å². The summed E-state index contributed by atoms with van der Waals surface area (Å²) in [5.41, 5.74) is 3.02. The number of methoxy groups -OCH3 is 1. The molecule has 0 aliphatic carbocycles. The summed E-state index contributed by atoms with van der Waals surface area (Å²) in [5, 5.41) is 3.07. The number of nitrogens with zero attached hydrogens (tertiary/aromatic N) is 2. The van der Waals surface area contributed by atoms with Gasteiger partial charge in [0.25, 0.3) is 0 Å². The number of carbonyl (C=O) groups excluding carboxylic acids is 1. The highest BCUT2D eigenvalue weighted by atomic mass is 16.5. The molecule has 3 aromatic rings. The average Bonchev–Trinajstić information content (AvgIpc) is 3.16. The van der Waals surface area contributed by atoms with Crippen LogP contribution in [0.1, 0.15) is 18.4 Å². The van der Waals surface area contributed by atoms with Gasteiger partial charge in [-0.25, -0.2) is 4.98 Å². The number of aromatic nitrogens is 2. The van der Waals surface area contributed by atoms with Gasteiger partial charge in [0.2, 0.25) is 11.9 Å². The molecule has 6 nitrogen and oxygen atoms in total. The molecule has 1 unspecified atom stereocenters. The number of benzene rings is 2. The second kappa shape index (κ2) is 7.70. The molecule has 0 bridgehead atoms. The van der Waals surface area contributed by atoms with E-state index in [-0.39, 0.29) is 11.8 Å². The van der Waals surface area contributed by atoms with Crippen molar-refractivity contribution in [1.29, 1.82) is 0 Å².